The summed E-state index contributed by atoms with van der Waals surface area (Å²) in [6, 6.07) is 8.07. The van der Waals surface area contributed by atoms with E-state index in [4.69, 9.17) is 4.74 Å². The molecule has 28 heavy (non-hydrogen) atoms. The van der Waals surface area contributed by atoms with Crippen molar-refractivity contribution in [3.63, 3.8) is 0 Å². The summed E-state index contributed by atoms with van der Waals surface area (Å²) in [7, 11) is 0. The molecule has 0 radical (unpaired) electrons. The van der Waals surface area contributed by atoms with Crippen molar-refractivity contribution in [2.75, 3.05) is 17.7 Å². The van der Waals surface area contributed by atoms with Crippen LogP contribution in [0.2, 0.25) is 0 Å². The average Bonchev–Trinajstić information content (AvgIpc) is 2.66. The summed E-state index contributed by atoms with van der Waals surface area (Å²) in [5.74, 6) is -0.476. The first-order chi connectivity index (χ1) is 13.4. The number of carbonyl (C=O) groups is 2. The van der Waals surface area contributed by atoms with Gasteiger partial charge < -0.3 is 15.0 Å². The Hall–Kier alpha value is -2.61. The van der Waals surface area contributed by atoms with Crippen LogP contribution in [0.1, 0.15) is 55.6 Å². The lowest BCUT2D eigenvalue weighted by Gasteiger charge is -2.08. The number of amides is 1. The van der Waals surface area contributed by atoms with Gasteiger partial charge in [0.15, 0.2) is 5.16 Å². The Labute approximate surface area is 168 Å². The highest BCUT2D eigenvalue weighted by Crippen LogP contribution is 2.17. The summed E-state index contributed by atoms with van der Waals surface area (Å²) >= 11 is 1.15. The zero-order chi connectivity index (χ0) is 20.5. The molecule has 0 bridgehead atoms. The number of nitrogens with zero attached hydrogens (tertiary/aromatic N) is 1. The zero-order valence-corrected chi connectivity index (χ0v) is 17.1. The maximum absolute atomic E-state index is 12.2. The van der Waals surface area contributed by atoms with Crippen LogP contribution in [0.3, 0.4) is 0 Å². The number of anilines is 1. The smallest absolute Gasteiger partial charge is 0.338 e. The molecule has 2 aromatic rings. The molecule has 1 aromatic carbocycles. The molecule has 2 N–H and O–H groups in total. The van der Waals surface area contributed by atoms with E-state index in [1.807, 2.05) is 20.8 Å². The number of nitrogens with one attached hydrogen (secondary N) is 2. The second kappa shape index (κ2) is 10.7. The first kappa shape index (κ1) is 21.7. The maximum Gasteiger partial charge on any atom is 0.338 e. The van der Waals surface area contributed by atoms with Crippen LogP contribution in [0, 0.1) is 0 Å². The molecule has 0 atom stereocenters. The van der Waals surface area contributed by atoms with Crippen molar-refractivity contribution in [2.45, 2.75) is 44.7 Å². The topological polar surface area (TPSA) is 101 Å². The Morgan fingerprint density at radius 3 is 2.79 bits per heavy atom. The number of H-pyrrole nitrogens is 1. The normalized spacial score (nSPS) is 10.7. The van der Waals surface area contributed by atoms with Gasteiger partial charge in [-0.3, -0.25) is 9.59 Å². The molecule has 7 nitrogen and oxygen atoms in total. The fourth-order valence-corrected chi connectivity index (χ4v) is 2.95. The predicted octanol–water partition coefficient (Wildman–Crippen LogP) is 3.58. The van der Waals surface area contributed by atoms with E-state index in [9.17, 15) is 14.4 Å². The molecule has 2 rings (SSSR count). The summed E-state index contributed by atoms with van der Waals surface area (Å²) in [5.41, 5.74) is 1.34. The number of aromatic amines is 1. The minimum Gasteiger partial charge on any atom is -0.462 e. The van der Waals surface area contributed by atoms with Crippen LogP contribution < -0.4 is 10.9 Å². The number of thioether (sulfide) groups is 1. The van der Waals surface area contributed by atoms with E-state index in [1.165, 1.54) is 6.07 Å². The van der Waals surface area contributed by atoms with Crippen molar-refractivity contribution >= 4 is 29.3 Å². The highest BCUT2D eigenvalue weighted by molar-refractivity contribution is 7.99. The number of carbonyl (C=O) groups excluding carboxylic acids is 2. The van der Waals surface area contributed by atoms with Crippen LogP contribution in [-0.2, 0) is 9.53 Å². The summed E-state index contributed by atoms with van der Waals surface area (Å²) in [6.07, 6.45) is 1.76. The number of hydrogen-bond acceptors (Lipinski definition) is 6. The van der Waals surface area contributed by atoms with Crippen molar-refractivity contribution in [1.29, 1.82) is 0 Å². The van der Waals surface area contributed by atoms with Crippen molar-refractivity contribution in [3.8, 4) is 0 Å². The first-order valence-corrected chi connectivity index (χ1v) is 10.2. The molecule has 0 spiro atoms. The number of esters is 1. The number of unbranched alkanes of at least 4 members (excludes halogenated alkanes) is 1. The standard InChI is InChI=1S/C20H25N3O4S/c1-4-5-9-27-19(26)14-7-6-8-15(10-14)21-18(25)12-28-20-22-16(13(2)3)11-17(24)23-20/h6-8,10-11,13H,4-5,9,12H2,1-3H3,(H,21,25)(H,22,23,24). The summed E-state index contributed by atoms with van der Waals surface area (Å²) in [6.45, 7) is 6.29. The number of ether oxygens (including phenoxy) is 1. The Morgan fingerprint density at radius 1 is 1.29 bits per heavy atom. The minimum atomic E-state index is -0.411. The number of rotatable bonds is 9. The molecule has 0 aliphatic carbocycles. The molecule has 0 unspecified atom stereocenters. The van der Waals surface area contributed by atoms with Gasteiger partial charge in [0.2, 0.25) is 5.91 Å². The van der Waals surface area contributed by atoms with E-state index < -0.39 is 5.97 Å². The molecule has 0 aliphatic rings. The second-order valence-electron chi connectivity index (χ2n) is 6.54. The van der Waals surface area contributed by atoms with Crippen LogP contribution in [-0.4, -0.2) is 34.2 Å². The van der Waals surface area contributed by atoms with Gasteiger partial charge in [0.1, 0.15) is 0 Å². The molecule has 1 aromatic heterocycles. The predicted molar refractivity (Wildman–Crippen MR) is 110 cm³/mol. The third kappa shape index (κ3) is 6.84. The Balaban J connectivity index is 1.94. The monoisotopic (exact) mass is 403 g/mol. The Morgan fingerprint density at radius 2 is 2.07 bits per heavy atom. The maximum atomic E-state index is 12.2. The third-order valence-electron chi connectivity index (χ3n) is 3.78. The van der Waals surface area contributed by atoms with Gasteiger partial charge in [-0.1, -0.05) is 45.0 Å². The lowest BCUT2D eigenvalue weighted by atomic mass is 10.1. The van der Waals surface area contributed by atoms with E-state index in [1.54, 1.807) is 24.3 Å². The average molecular weight is 404 g/mol. The lowest BCUT2D eigenvalue weighted by molar-refractivity contribution is -0.113. The summed E-state index contributed by atoms with van der Waals surface area (Å²) in [4.78, 5) is 42.9. The summed E-state index contributed by atoms with van der Waals surface area (Å²) in [5, 5.41) is 3.14. The number of aromatic nitrogens is 2. The second-order valence-corrected chi connectivity index (χ2v) is 7.50. The number of benzene rings is 1. The molecule has 8 heteroatoms. The summed E-state index contributed by atoms with van der Waals surface area (Å²) < 4.78 is 5.18. The molecule has 0 saturated carbocycles. The molecular formula is C20H25N3O4S. The van der Waals surface area contributed by atoms with E-state index in [2.05, 4.69) is 15.3 Å². The van der Waals surface area contributed by atoms with Gasteiger partial charge >= 0.3 is 5.97 Å². The van der Waals surface area contributed by atoms with Crippen LogP contribution in [0.25, 0.3) is 0 Å². The molecule has 1 amide bonds. The third-order valence-corrected chi connectivity index (χ3v) is 4.66. The van der Waals surface area contributed by atoms with Gasteiger partial charge in [-0.05, 0) is 30.5 Å². The highest BCUT2D eigenvalue weighted by Gasteiger charge is 2.11. The Kier molecular flexibility index (Phi) is 8.25. The van der Waals surface area contributed by atoms with Gasteiger partial charge in [-0.25, -0.2) is 9.78 Å². The highest BCUT2D eigenvalue weighted by atomic mass is 32.2. The van der Waals surface area contributed by atoms with Gasteiger partial charge in [0, 0.05) is 11.8 Å². The van der Waals surface area contributed by atoms with Crippen LogP contribution >= 0.6 is 11.8 Å². The van der Waals surface area contributed by atoms with Crippen molar-refractivity contribution in [3.05, 3.63) is 51.9 Å². The van der Waals surface area contributed by atoms with Crippen molar-refractivity contribution in [2.24, 2.45) is 0 Å². The van der Waals surface area contributed by atoms with Crippen molar-refractivity contribution in [1.82, 2.24) is 9.97 Å². The zero-order valence-electron chi connectivity index (χ0n) is 16.3. The Bertz CT molecular complexity index is 880. The van der Waals surface area contributed by atoms with Crippen LogP contribution in [0.4, 0.5) is 5.69 Å². The molecule has 1 heterocycles. The SMILES string of the molecule is CCCCOC(=O)c1cccc(NC(=O)CSc2nc(C(C)C)cc(=O)[nH]2)c1. The molecule has 150 valence electrons. The fraction of sp³-hybridized carbons (Fsp3) is 0.400. The molecule has 0 saturated heterocycles. The van der Waals surface area contributed by atoms with Crippen molar-refractivity contribution < 1.29 is 14.3 Å². The van der Waals surface area contributed by atoms with Gasteiger partial charge in [0.05, 0.1) is 23.6 Å². The fourth-order valence-electron chi connectivity index (χ4n) is 2.26. The van der Waals surface area contributed by atoms with Crippen LogP contribution in [0.5, 0.6) is 0 Å². The van der Waals surface area contributed by atoms with Gasteiger partial charge in [-0.2, -0.15) is 0 Å². The van der Waals surface area contributed by atoms with E-state index in [0.717, 1.165) is 24.6 Å². The van der Waals surface area contributed by atoms with Gasteiger partial charge in [-0.15, -0.1) is 0 Å². The first-order valence-electron chi connectivity index (χ1n) is 9.20. The molecule has 0 aliphatic heterocycles. The largest absolute Gasteiger partial charge is 0.462 e. The molecular weight excluding hydrogens is 378 g/mol. The van der Waals surface area contributed by atoms with Crippen LogP contribution in [0.15, 0.2) is 40.3 Å². The lowest BCUT2D eigenvalue weighted by Crippen LogP contribution is -2.16. The van der Waals surface area contributed by atoms with E-state index in [-0.39, 0.29) is 23.1 Å². The van der Waals surface area contributed by atoms with E-state index >= 15 is 0 Å². The van der Waals surface area contributed by atoms with E-state index in [0.29, 0.717) is 28.7 Å². The molecule has 0 fully saturated rings. The number of hydrogen-bond donors (Lipinski definition) is 2. The quantitative estimate of drug-likeness (QED) is 0.287. The van der Waals surface area contributed by atoms with Gasteiger partial charge in [0.25, 0.3) is 5.56 Å². The minimum absolute atomic E-state index is 0.0790.